The van der Waals surface area contributed by atoms with Gasteiger partial charge in [-0.15, -0.1) is 0 Å². The Kier molecular flexibility index (Phi) is 2.04. The maximum atomic E-state index is 10.2. The van der Waals surface area contributed by atoms with Crippen molar-refractivity contribution in [3.8, 4) is 0 Å². The molecule has 0 aliphatic heterocycles. The summed E-state index contributed by atoms with van der Waals surface area (Å²) in [6, 6.07) is 0. The number of rotatable bonds is 1. The van der Waals surface area contributed by atoms with Crippen molar-refractivity contribution in [2.75, 3.05) is 0 Å². The summed E-state index contributed by atoms with van der Waals surface area (Å²) in [6.07, 6.45) is 1.29. The monoisotopic (exact) mass is 170 g/mol. The third-order valence-corrected chi connectivity index (χ3v) is 1.31. The molecule has 0 bridgehead atoms. The Hall–Kier alpha value is -1.92. The SMILES string of the molecule is Cc1[nH]cnc1C(=NO)[N+](=O)[O-]. The summed E-state index contributed by atoms with van der Waals surface area (Å²) in [4.78, 5) is 15.7. The topological polar surface area (TPSA) is 104 Å². The van der Waals surface area contributed by atoms with E-state index in [1.165, 1.54) is 6.33 Å². The summed E-state index contributed by atoms with van der Waals surface area (Å²) in [5, 5.41) is 21.1. The highest BCUT2D eigenvalue weighted by Crippen LogP contribution is 2.02. The van der Waals surface area contributed by atoms with Crippen LogP contribution >= 0.6 is 0 Å². The van der Waals surface area contributed by atoms with Gasteiger partial charge in [0.05, 0.1) is 6.33 Å². The average Bonchev–Trinajstić information content (AvgIpc) is 2.38. The molecule has 1 heterocycles. The first-order valence-corrected chi connectivity index (χ1v) is 3.03. The lowest BCUT2D eigenvalue weighted by atomic mass is 10.3. The van der Waals surface area contributed by atoms with Crippen molar-refractivity contribution in [2.24, 2.45) is 5.16 Å². The van der Waals surface area contributed by atoms with E-state index in [1.807, 2.05) is 0 Å². The van der Waals surface area contributed by atoms with Crippen molar-refractivity contribution < 1.29 is 10.1 Å². The highest BCUT2D eigenvalue weighted by Gasteiger charge is 2.21. The molecule has 2 N–H and O–H groups in total. The number of amidine groups is 1. The molecule has 0 fully saturated rings. The van der Waals surface area contributed by atoms with Crippen LogP contribution in [-0.2, 0) is 0 Å². The van der Waals surface area contributed by atoms with Gasteiger partial charge in [0, 0.05) is 5.69 Å². The number of hydrogen-bond donors (Lipinski definition) is 2. The van der Waals surface area contributed by atoms with Gasteiger partial charge >= 0.3 is 5.84 Å². The molecule has 0 amide bonds. The number of nitrogens with zero attached hydrogens (tertiary/aromatic N) is 3. The second-order valence-electron chi connectivity index (χ2n) is 2.06. The lowest BCUT2D eigenvalue weighted by Gasteiger charge is -1.92. The van der Waals surface area contributed by atoms with Crippen LogP contribution in [-0.4, -0.2) is 25.9 Å². The van der Waals surface area contributed by atoms with Crippen LogP contribution in [0.4, 0.5) is 0 Å². The predicted octanol–water partition coefficient (Wildman–Crippen LogP) is 0.131. The molecule has 0 spiro atoms. The fourth-order valence-electron chi connectivity index (χ4n) is 0.755. The molecule has 1 aromatic rings. The van der Waals surface area contributed by atoms with Crippen LogP contribution in [0, 0.1) is 17.0 Å². The van der Waals surface area contributed by atoms with Crippen molar-refractivity contribution in [3.63, 3.8) is 0 Å². The summed E-state index contributed by atoms with van der Waals surface area (Å²) in [7, 11) is 0. The van der Waals surface area contributed by atoms with Gasteiger partial charge in [-0.1, -0.05) is 0 Å². The van der Waals surface area contributed by atoms with Crippen LogP contribution in [0.2, 0.25) is 0 Å². The highest BCUT2D eigenvalue weighted by atomic mass is 16.6. The molecule has 0 aliphatic rings. The molecule has 7 nitrogen and oxygen atoms in total. The van der Waals surface area contributed by atoms with Crippen LogP contribution < -0.4 is 0 Å². The molecule has 0 radical (unpaired) electrons. The smallest absolute Gasteiger partial charge is 0.358 e. The zero-order valence-electron chi connectivity index (χ0n) is 6.18. The van der Waals surface area contributed by atoms with Gasteiger partial charge in [0.25, 0.3) is 0 Å². The Labute approximate surface area is 66.9 Å². The van der Waals surface area contributed by atoms with Gasteiger partial charge in [-0.2, -0.15) is 0 Å². The second-order valence-corrected chi connectivity index (χ2v) is 2.06. The van der Waals surface area contributed by atoms with Crippen molar-refractivity contribution in [2.45, 2.75) is 6.92 Å². The minimum Gasteiger partial charge on any atom is -0.358 e. The summed E-state index contributed by atoms with van der Waals surface area (Å²) in [5.74, 6) is -0.659. The largest absolute Gasteiger partial charge is 0.437 e. The van der Waals surface area contributed by atoms with Gasteiger partial charge in [-0.05, 0) is 11.8 Å². The fourth-order valence-corrected chi connectivity index (χ4v) is 0.755. The van der Waals surface area contributed by atoms with Crippen molar-refractivity contribution in [1.29, 1.82) is 0 Å². The number of H-pyrrole nitrogens is 1. The number of oxime groups is 1. The minimum atomic E-state index is -0.802. The van der Waals surface area contributed by atoms with Crippen molar-refractivity contribution in [3.05, 3.63) is 27.8 Å². The first-order chi connectivity index (χ1) is 5.66. The summed E-state index contributed by atoms with van der Waals surface area (Å²) in [5.41, 5.74) is 0.530. The molecule has 0 saturated carbocycles. The number of aryl methyl sites for hydroxylation is 1. The lowest BCUT2D eigenvalue weighted by Crippen LogP contribution is -2.14. The molecule has 0 atom stereocenters. The number of imidazole rings is 1. The molecular weight excluding hydrogens is 164 g/mol. The van der Waals surface area contributed by atoms with E-state index in [0.29, 0.717) is 5.69 Å². The van der Waals surface area contributed by atoms with Gasteiger partial charge < -0.3 is 20.3 Å². The Morgan fingerprint density at radius 1 is 1.92 bits per heavy atom. The van der Waals surface area contributed by atoms with Crippen LogP contribution in [0.15, 0.2) is 11.5 Å². The Morgan fingerprint density at radius 2 is 2.58 bits per heavy atom. The number of hydrogen-bond acceptors (Lipinski definition) is 5. The lowest BCUT2D eigenvalue weighted by molar-refractivity contribution is -0.351. The molecule has 0 aromatic carbocycles. The summed E-state index contributed by atoms with van der Waals surface area (Å²) in [6.45, 7) is 1.59. The van der Waals surface area contributed by atoms with Crippen LogP contribution in [0.5, 0.6) is 0 Å². The average molecular weight is 170 g/mol. The van der Waals surface area contributed by atoms with Crippen LogP contribution in [0.3, 0.4) is 0 Å². The first kappa shape index (κ1) is 8.18. The Balaban J connectivity index is 3.13. The van der Waals surface area contributed by atoms with Crippen molar-refractivity contribution in [1.82, 2.24) is 9.97 Å². The van der Waals surface area contributed by atoms with Gasteiger partial charge in [0.15, 0.2) is 10.8 Å². The molecule has 1 rings (SSSR count). The minimum absolute atomic E-state index is 0.0440. The standard InChI is InChI=1S/C5H6N4O3/c1-3-4(7-2-6-3)5(8-10)9(11)12/h2,10H,1H3,(H,6,7). The van der Waals surface area contributed by atoms with E-state index in [1.54, 1.807) is 6.92 Å². The van der Waals surface area contributed by atoms with E-state index in [2.05, 4.69) is 15.1 Å². The number of nitro groups is 1. The number of aromatic amines is 1. The maximum absolute atomic E-state index is 10.2. The molecule has 64 valence electrons. The summed E-state index contributed by atoms with van der Waals surface area (Å²) < 4.78 is 0. The second kappa shape index (κ2) is 2.99. The molecule has 0 aliphatic carbocycles. The number of nitrogens with one attached hydrogen (secondary N) is 1. The maximum Gasteiger partial charge on any atom is 0.437 e. The van der Waals surface area contributed by atoms with Crippen LogP contribution in [0.25, 0.3) is 0 Å². The van der Waals surface area contributed by atoms with Gasteiger partial charge in [0.2, 0.25) is 0 Å². The normalized spacial score (nSPS) is 11.6. The number of aromatic nitrogens is 2. The van der Waals surface area contributed by atoms with E-state index < -0.39 is 10.8 Å². The zero-order chi connectivity index (χ0) is 9.14. The molecule has 12 heavy (non-hydrogen) atoms. The Morgan fingerprint density at radius 3 is 2.92 bits per heavy atom. The fraction of sp³-hybridized carbons (Fsp3) is 0.200. The third-order valence-electron chi connectivity index (χ3n) is 1.31. The van der Waals surface area contributed by atoms with Gasteiger partial charge in [0.1, 0.15) is 0 Å². The molecule has 0 unspecified atom stereocenters. The van der Waals surface area contributed by atoms with Gasteiger partial charge in [-0.3, -0.25) is 0 Å². The Bertz CT molecular complexity index is 329. The van der Waals surface area contributed by atoms with E-state index >= 15 is 0 Å². The van der Waals surface area contributed by atoms with E-state index in [9.17, 15) is 10.1 Å². The zero-order valence-corrected chi connectivity index (χ0v) is 6.18. The van der Waals surface area contributed by atoms with E-state index in [0.717, 1.165) is 0 Å². The van der Waals surface area contributed by atoms with Crippen molar-refractivity contribution >= 4 is 5.84 Å². The van der Waals surface area contributed by atoms with E-state index in [-0.39, 0.29) is 5.69 Å². The summed E-state index contributed by atoms with van der Waals surface area (Å²) >= 11 is 0. The predicted molar refractivity (Wildman–Crippen MR) is 38.6 cm³/mol. The molecule has 7 heteroatoms. The third kappa shape index (κ3) is 1.24. The molecular formula is C5H6N4O3. The molecule has 1 aromatic heterocycles. The first-order valence-electron chi connectivity index (χ1n) is 3.03. The quantitative estimate of drug-likeness (QED) is 0.205. The molecule has 0 saturated heterocycles. The van der Waals surface area contributed by atoms with E-state index in [4.69, 9.17) is 5.21 Å². The highest BCUT2D eigenvalue weighted by molar-refractivity contribution is 5.90. The van der Waals surface area contributed by atoms with Crippen LogP contribution in [0.1, 0.15) is 11.4 Å². The van der Waals surface area contributed by atoms with Gasteiger partial charge in [-0.25, -0.2) is 4.98 Å².